The number of benzene rings is 2. The van der Waals surface area contributed by atoms with Crippen molar-refractivity contribution in [2.45, 2.75) is 88.5 Å². The maximum Gasteiger partial charge on any atom is 0.161 e. The quantitative estimate of drug-likeness (QED) is 0.241. The van der Waals surface area contributed by atoms with Crippen LogP contribution in [-0.4, -0.2) is 93.3 Å². The highest BCUT2D eigenvalue weighted by atomic mass is 16.5. The zero-order valence-electron chi connectivity index (χ0n) is 30.1. The summed E-state index contributed by atoms with van der Waals surface area (Å²) in [6.45, 7) is 5.05. The average Bonchev–Trinajstić information content (AvgIpc) is 3.18. The number of aliphatic imine (C=N–C) groups is 2. The number of hydrogen-bond acceptors (Lipinski definition) is 12. The van der Waals surface area contributed by atoms with Crippen LogP contribution < -0.4 is 18.9 Å². The van der Waals surface area contributed by atoms with Gasteiger partial charge in [0.1, 0.15) is 12.0 Å². The molecule has 2 aromatic heterocycles. The van der Waals surface area contributed by atoms with Crippen molar-refractivity contribution >= 4 is 11.4 Å². The van der Waals surface area contributed by atoms with Crippen molar-refractivity contribution in [2.24, 2.45) is 9.98 Å². The van der Waals surface area contributed by atoms with Crippen LogP contribution in [-0.2, 0) is 0 Å². The first-order chi connectivity index (χ1) is 25.4. The van der Waals surface area contributed by atoms with Gasteiger partial charge >= 0.3 is 0 Å². The molecule has 8 rings (SSSR count). The lowest BCUT2D eigenvalue weighted by Crippen LogP contribution is -2.34. The minimum absolute atomic E-state index is 0.144. The number of ether oxygens (including phenoxy) is 4. The Morgan fingerprint density at radius 1 is 0.635 bits per heavy atom. The van der Waals surface area contributed by atoms with Crippen LogP contribution in [0.3, 0.4) is 0 Å². The molecule has 4 aromatic rings. The Balaban J connectivity index is 0.000000162. The molecule has 2 aromatic carbocycles. The molecule has 2 saturated carbocycles. The Labute approximate surface area is 304 Å². The van der Waals surface area contributed by atoms with E-state index in [9.17, 15) is 10.2 Å². The van der Waals surface area contributed by atoms with Crippen LogP contribution in [0.2, 0.25) is 0 Å². The third-order valence-electron chi connectivity index (χ3n) is 10.4. The minimum atomic E-state index is -0.282. The first kappa shape index (κ1) is 35.5. The summed E-state index contributed by atoms with van der Waals surface area (Å²) in [6, 6.07) is 8.38. The van der Waals surface area contributed by atoms with Gasteiger partial charge in [-0.2, -0.15) is 0 Å². The highest BCUT2D eigenvalue weighted by Crippen LogP contribution is 2.46. The van der Waals surface area contributed by atoms with E-state index in [-0.39, 0.29) is 36.1 Å². The molecule has 52 heavy (non-hydrogen) atoms. The van der Waals surface area contributed by atoms with Crippen molar-refractivity contribution in [3.05, 3.63) is 95.1 Å². The van der Waals surface area contributed by atoms with Crippen LogP contribution in [0.1, 0.15) is 97.7 Å². The van der Waals surface area contributed by atoms with Crippen LogP contribution in [0.4, 0.5) is 0 Å². The fourth-order valence-electron chi connectivity index (χ4n) is 8.02. The van der Waals surface area contributed by atoms with Crippen molar-refractivity contribution in [3.8, 4) is 23.0 Å². The highest BCUT2D eigenvalue weighted by molar-refractivity contribution is 6.15. The van der Waals surface area contributed by atoms with Gasteiger partial charge in [0.2, 0.25) is 0 Å². The van der Waals surface area contributed by atoms with Gasteiger partial charge in [-0.25, -0.2) is 9.97 Å². The monoisotopic (exact) mass is 706 g/mol. The van der Waals surface area contributed by atoms with Crippen LogP contribution in [0.25, 0.3) is 0 Å². The Morgan fingerprint density at radius 3 is 1.67 bits per heavy atom. The third kappa shape index (κ3) is 7.09. The van der Waals surface area contributed by atoms with Gasteiger partial charge < -0.3 is 29.2 Å². The van der Waals surface area contributed by atoms with E-state index >= 15 is 0 Å². The zero-order chi connectivity index (χ0) is 36.2. The number of aliphatic hydroxyl groups excluding tert-OH is 2. The molecule has 0 radical (unpaired) electrons. The molecule has 0 saturated heterocycles. The largest absolute Gasteiger partial charge is 0.493 e. The van der Waals surface area contributed by atoms with Crippen LogP contribution in [0.5, 0.6) is 23.0 Å². The van der Waals surface area contributed by atoms with Gasteiger partial charge in [0.25, 0.3) is 0 Å². The molecule has 2 aliphatic carbocycles. The van der Waals surface area contributed by atoms with Gasteiger partial charge in [-0.15, -0.1) is 0 Å². The zero-order valence-corrected chi connectivity index (χ0v) is 30.1. The van der Waals surface area contributed by atoms with Crippen molar-refractivity contribution in [1.82, 2.24) is 19.9 Å². The second-order valence-corrected chi connectivity index (χ2v) is 13.5. The SMILES string of the molecule is CCOc1cc2c(cc1OC)C(c1cnccn1)=NC1CCC(O)CC21.CCOc1cc2c(cc1OC)C(c1cncnc1)=NC1CCC(O)CC21. The summed E-state index contributed by atoms with van der Waals surface area (Å²) in [5.74, 6) is 3.19. The molecule has 2 aliphatic heterocycles. The van der Waals surface area contributed by atoms with Gasteiger partial charge in [0, 0.05) is 53.3 Å². The summed E-state index contributed by atoms with van der Waals surface area (Å²) in [5, 5.41) is 20.4. The maximum atomic E-state index is 10.2. The molecule has 0 bridgehead atoms. The Kier molecular flexibility index (Phi) is 10.7. The predicted octanol–water partition coefficient (Wildman–Crippen LogP) is 5.46. The fraction of sp³-hybridized carbons (Fsp3) is 0.450. The summed E-state index contributed by atoms with van der Waals surface area (Å²) in [4.78, 5) is 27.0. The van der Waals surface area contributed by atoms with Crippen molar-refractivity contribution in [1.29, 1.82) is 0 Å². The van der Waals surface area contributed by atoms with E-state index < -0.39 is 0 Å². The lowest BCUT2D eigenvalue weighted by atomic mass is 9.74. The van der Waals surface area contributed by atoms with E-state index in [0.717, 1.165) is 88.5 Å². The Hall–Kier alpha value is -4.94. The number of rotatable bonds is 8. The highest BCUT2D eigenvalue weighted by Gasteiger charge is 2.39. The summed E-state index contributed by atoms with van der Waals surface area (Å²) < 4.78 is 22.7. The topological polar surface area (TPSA) is 154 Å². The van der Waals surface area contributed by atoms with E-state index in [1.54, 1.807) is 45.2 Å². The standard InChI is InChI=1S/2C20H23N3O3/c1-3-26-19-7-14-15-6-13(24)4-5-17(15)23-20(12-9-21-11-22-10-12)16(14)8-18(19)25-2;1-3-26-19-9-13-14-8-12(24)4-5-16(14)23-20(15(13)10-18(19)25-2)17-11-21-6-7-22-17/h7-11,13,15,17,24H,3-6H2,1-2H3;6-7,9-12,14,16,24H,3-5,8H2,1-2H3. The Morgan fingerprint density at radius 2 is 1.17 bits per heavy atom. The smallest absolute Gasteiger partial charge is 0.161 e. The number of methoxy groups -OCH3 is 2. The van der Waals surface area contributed by atoms with E-state index in [1.807, 2.05) is 26.0 Å². The average molecular weight is 707 g/mol. The van der Waals surface area contributed by atoms with Crippen molar-refractivity contribution < 1.29 is 29.2 Å². The van der Waals surface area contributed by atoms with E-state index in [0.29, 0.717) is 31.1 Å². The molecular weight excluding hydrogens is 660 g/mol. The number of nitrogens with zero attached hydrogens (tertiary/aromatic N) is 6. The Bertz CT molecular complexity index is 1780. The number of fused-ring (bicyclic) bond motifs is 6. The molecule has 6 unspecified atom stereocenters. The molecule has 2 N–H and O–H groups in total. The van der Waals surface area contributed by atoms with Crippen LogP contribution in [0.15, 0.2) is 71.6 Å². The molecule has 4 aliphatic rings. The summed E-state index contributed by atoms with van der Waals surface area (Å²) in [6.07, 6.45) is 14.4. The summed E-state index contributed by atoms with van der Waals surface area (Å²) in [5.41, 5.74) is 7.68. The van der Waals surface area contributed by atoms with Crippen molar-refractivity contribution in [2.75, 3.05) is 27.4 Å². The van der Waals surface area contributed by atoms with E-state index in [1.165, 1.54) is 6.33 Å². The lowest BCUT2D eigenvalue weighted by Gasteiger charge is -2.37. The molecular formula is C40H46N6O6. The van der Waals surface area contributed by atoms with Gasteiger partial charge in [-0.1, -0.05) is 0 Å². The normalized spacial score (nSPS) is 24.3. The van der Waals surface area contributed by atoms with Crippen LogP contribution >= 0.6 is 0 Å². The third-order valence-corrected chi connectivity index (χ3v) is 10.4. The second-order valence-electron chi connectivity index (χ2n) is 13.5. The van der Waals surface area contributed by atoms with Gasteiger partial charge in [-0.3, -0.25) is 20.0 Å². The van der Waals surface area contributed by atoms with Crippen LogP contribution in [0, 0.1) is 0 Å². The van der Waals surface area contributed by atoms with Gasteiger partial charge in [-0.05, 0) is 87.8 Å². The molecule has 2 fully saturated rings. The molecule has 272 valence electrons. The minimum Gasteiger partial charge on any atom is -0.493 e. The van der Waals surface area contributed by atoms with E-state index in [4.69, 9.17) is 28.9 Å². The molecule has 0 amide bonds. The van der Waals surface area contributed by atoms with Gasteiger partial charge in [0.15, 0.2) is 23.0 Å². The number of aliphatic hydroxyl groups is 2. The maximum absolute atomic E-state index is 10.2. The molecule has 6 atom stereocenters. The van der Waals surface area contributed by atoms with Crippen molar-refractivity contribution in [3.63, 3.8) is 0 Å². The fourth-order valence-corrected chi connectivity index (χ4v) is 8.02. The van der Waals surface area contributed by atoms with E-state index in [2.05, 4.69) is 32.1 Å². The lowest BCUT2D eigenvalue weighted by molar-refractivity contribution is 0.110. The summed E-state index contributed by atoms with van der Waals surface area (Å²) >= 11 is 0. The summed E-state index contributed by atoms with van der Waals surface area (Å²) in [7, 11) is 3.28. The number of aromatic nitrogens is 4. The first-order valence-electron chi connectivity index (χ1n) is 18.2. The second kappa shape index (κ2) is 15.7. The van der Waals surface area contributed by atoms with Gasteiger partial charge in [0.05, 0.1) is 69.3 Å². The first-order valence-corrected chi connectivity index (χ1v) is 18.2. The number of hydrogen-bond donors (Lipinski definition) is 2. The predicted molar refractivity (Wildman–Crippen MR) is 196 cm³/mol. The molecule has 12 nitrogen and oxygen atoms in total. The molecule has 4 heterocycles. The molecule has 0 spiro atoms. The molecule has 12 heteroatoms.